The first kappa shape index (κ1) is 23.4. The van der Waals surface area contributed by atoms with Crippen LogP contribution in [0.25, 0.3) is 10.6 Å². The van der Waals surface area contributed by atoms with E-state index in [9.17, 15) is 14.7 Å². The number of benzene rings is 2. The van der Waals surface area contributed by atoms with Crippen LogP contribution >= 0.6 is 11.3 Å². The first-order chi connectivity index (χ1) is 17.5. The van der Waals surface area contributed by atoms with E-state index in [0.717, 1.165) is 5.56 Å². The van der Waals surface area contributed by atoms with E-state index in [1.807, 2.05) is 37.3 Å². The van der Waals surface area contributed by atoms with Gasteiger partial charge in [0.25, 0.3) is 5.91 Å². The number of hydrogen-bond acceptors (Lipinski definition) is 7. The normalized spacial score (nSPS) is 15.4. The van der Waals surface area contributed by atoms with E-state index in [2.05, 4.69) is 9.97 Å². The maximum absolute atomic E-state index is 13.9. The van der Waals surface area contributed by atoms with Gasteiger partial charge < -0.3 is 9.84 Å². The molecule has 4 aromatic rings. The molecular weight excluding hydrogens is 474 g/mol. The van der Waals surface area contributed by atoms with E-state index >= 15 is 0 Å². The number of aromatic nitrogens is 2. The molecule has 180 valence electrons. The van der Waals surface area contributed by atoms with Crippen molar-refractivity contribution in [1.29, 1.82) is 0 Å². The number of carbonyl (C=O) groups is 2. The minimum Gasteiger partial charge on any atom is -0.503 e. The molecule has 3 heterocycles. The number of aliphatic hydroxyl groups is 1. The fourth-order valence-electron chi connectivity index (χ4n) is 4.29. The van der Waals surface area contributed by atoms with E-state index in [1.165, 1.54) is 16.2 Å². The molecule has 1 aliphatic heterocycles. The van der Waals surface area contributed by atoms with Gasteiger partial charge in [0, 0.05) is 29.7 Å². The molecule has 0 fully saturated rings. The molecule has 1 unspecified atom stereocenters. The van der Waals surface area contributed by atoms with Gasteiger partial charge in [0.2, 0.25) is 5.78 Å². The number of Topliss-reactive ketones (excluding diaryl/α,β-unsaturated/α-hetero) is 1. The Morgan fingerprint density at radius 3 is 2.56 bits per heavy atom. The zero-order valence-corrected chi connectivity index (χ0v) is 20.5. The lowest BCUT2D eigenvalue weighted by Gasteiger charge is -2.27. The summed E-state index contributed by atoms with van der Waals surface area (Å²) in [5.74, 6) is -1.07. The lowest BCUT2D eigenvalue weighted by Crippen LogP contribution is -2.31. The van der Waals surface area contributed by atoms with E-state index in [-0.39, 0.29) is 5.57 Å². The van der Waals surface area contributed by atoms with Gasteiger partial charge in [-0.2, -0.15) is 0 Å². The number of ketones is 1. The number of amides is 1. The molecule has 1 amide bonds. The number of aryl methyl sites for hydroxylation is 1. The third-order valence-corrected chi connectivity index (χ3v) is 7.11. The van der Waals surface area contributed by atoms with Crippen LogP contribution in [0.5, 0.6) is 5.75 Å². The van der Waals surface area contributed by atoms with Crippen LogP contribution in [-0.2, 0) is 4.79 Å². The van der Waals surface area contributed by atoms with Gasteiger partial charge >= 0.3 is 0 Å². The van der Waals surface area contributed by atoms with Crippen molar-refractivity contribution >= 4 is 28.7 Å². The summed E-state index contributed by atoms with van der Waals surface area (Å²) in [4.78, 5) is 37.8. The van der Waals surface area contributed by atoms with E-state index in [0.29, 0.717) is 39.2 Å². The molecular formula is C28H23N3O4S. The molecule has 0 saturated heterocycles. The Labute approximate surface area is 212 Å². The SMILES string of the molecule is CCOc1cccc(N2C(=O)C(O)=C(C(=O)c3sc(-c4ccccc4)nc3C)C2c2ccncc2)c1. The molecule has 0 bridgehead atoms. The monoisotopic (exact) mass is 497 g/mol. The minimum absolute atomic E-state index is 0.0133. The van der Waals surface area contributed by atoms with Gasteiger partial charge in [-0.05, 0) is 43.7 Å². The molecule has 1 N–H and O–H groups in total. The Morgan fingerprint density at radius 2 is 1.83 bits per heavy atom. The van der Waals surface area contributed by atoms with Crippen molar-refractivity contribution in [3.63, 3.8) is 0 Å². The Hall–Kier alpha value is -4.30. The first-order valence-corrected chi connectivity index (χ1v) is 12.3. The molecule has 36 heavy (non-hydrogen) atoms. The summed E-state index contributed by atoms with van der Waals surface area (Å²) >= 11 is 1.25. The van der Waals surface area contributed by atoms with Crippen LogP contribution in [0, 0.1) is 6.92 Å². The Morgan fingerprint density at radius 1 is 1.08 bits per heavy atom. The van der Waals surface area contributed by atoms with Crippen LogP contribution in [0.2, 0.25) is 0 Å². The highest BCUT2D eigenvalue weighted by Gasteiger charge is 2.45. The van der Waals surface area contributed by atoms with Crippen molar-refractivity contribution in [2.45, 2.75) is 19.9 Å². The second-order valence-corrected chi connectivity index (χ2v) is 9.18. The fourth-order valence-corrected chi connectivity index (χ4v) is 5.31. The molecule has 1 aliphatic rings. The van der Waals surface area contributed by atoms with Gasteiger partial charge in [-0.1, -0.05) is 36.4 Å². The number of ether oxygens (including phenoxy) is 1. The number of anilines is 1. The first-order valence-electron chi connectivity index (χ1n) is 11.5. The van der Waals surface area contributed by atoms with Crippen molar-refractivity contribution in [2.75, 3.05) is 11.5 Å². The molecule has 0 saturated carbocycles. The lowest BCUT2D eigenvalue weighted by molar-refractivity contribution is -0.117. The lowest BCUT2D eigenvalue weighted by atomic mass is 9.95. The van der Waals surface area contributed by atoms with Gasteiger partial charge in [0.05, 0.1) is 28.8 Å². The number of nitrogens with zero attached hydrogens (tertiary/aromatic N) is 3. The van der Waals surface area contributed by atoms with Crippen molar-refractivity contribution in [3.05, 3.63) is 107 Å². The summed E-state index contributed by atoms with van der Waals surface area (Å²) in [6.07, 6.45) is 3.19. The zero-order valence-electron chi connectivity index (χ0n) is 19.7. The summed E-state index contributed by atoms with van der Waals surface area (Å²) in [7, 11) is 0. The number of thiazole rings is 1. The number of rotatable bonds is 7. The Balaban J connectivity index is 1.61. The summed E-state index contributed by atoms with van der Waals surface area (Å²) in [5.41, 5.74) is 2.61. The average Bonchev–Trinajstić information content (AvgIpc) is 3.42. The highest BCUT2D eigenvalue weighted by Crippen LogP contribution is 2.43. The molecule has 8 heteroatoms. The van der Waals surface area contributed by atoms with Crippen molar-refractivity contribution in [2.24, 2.45) is 0 Å². The third kappa shape index (κ3) is 4.16. The summed E-state index contributed by atoms with van der Waals surface area (Å²) < 4.78 is 5.62. The maximum atomic E-state index is 13.9. The van der Waals surface area contributed by atoms with Crippen molar-refractivity contribution in [3.8, 4) is 16.3 Å². The van der Waals surface area contributed by atoms with Crippen LogP contribution in [0.4, 0.5) is 5.69 Å². The average molecular weight is 498 g/mol. The summed E-state index contributed by atoms with van der Waals surface area (Å²) in [6.45, 7) is 4.10. The Bertz CT molecular complexity index is 1460. The van der Waals surface area contributed by atoms with Crippen molar-refractivity contribution in [1.82, 2.24) is 9.97 Å². The van der Waals surface area contributed by atoms with Crippen LogP contribution in [0.1, 0.15) is 33.9 Å². The van der Waals surface area contributed by atoms with Crippen LogP contribution < -0.4 is 9.64 Å². The topological polar surface area (TPSA) is 92.6 Å². The van der Waals surface area contributed by atoms with Crippen LogP contribution in [0.3, 0.4) is 0 Å². The van der Waals surface area contributed by atoms with Gasteiger partial charge in [0.15, 0.2) is 5.76 Å². The smallest absolute Gasteiger partial charge is 0.294 e. The standard InChI is InChI=1S/C28H23N3O4S/c1-3-35-21-11-7-10-20(16-21)31-23(18-12-14-29-15-13-18)22(25(33)28(31)34)24(32)26-17(2)30-27(36-26)19-8-5-4-6-9-19/h4-16,23,33H,3H2,1-2H3. The summed E-state index contributed by atoms with van der Waals surface area (Å²) in [6, 6.07) is 19.2. The molecule has 0 radical (unpaired) electrons. The molecule has 0 aliphatic carbocycles. The second-order valence-electron chi connectivity index (χ2n) is 8.18. The highest BCUT2D eigenvalue weighted by atomic mass is 32.1. The van der Waals surface area contributed by atoms with E-state index in [1.54, 1.807) is 55.7 Å². The molecule has 7 nitrogen and oxygen atoms in total. The molecule has 1 atom stereocenters. The van der Waals surface area contributed by atoms with Crippen molar-refractivity contribution < 1.29 is 19.4 Å². The van der Waals surface area contributed by atoms with Gasteiger partial charge in [-0.25, -0.2) is 4.98 Å². The fraction of sp³-hybridized carbons (Fsp3) is 0.143. The van der Waals surface area contributed by atoms with Gasteiger partial charge in [0.1, 0.15) is 10.8 Å². The predicted octanol–water partition coefficient (Wildman–Crippen LogP) is 5.70. The zero-order chi connectivity index (χ0) is 25.2. The maximum Gasteiger partial charge on any atom is 0.294 e. The minimum atomic E-state index is -0.841. The molecule has 0 spiro atoms. The number of pyridine rings is 1. The number of hydrogen-bond donors (Lipinski definition) is 1. The second kappa shape index (κ2) is 9.75. The Kier molecular flexibility index (Phi) is 6.35. The third-order valence-electron chi connectivity index (χ3n) is 5.90. The molecule has 2 aromatic heterocycles. The predicted molar refractivity (Wildman–Crippen MR) is 138 cm³/mol. The van der Waals surface area contributed by atoms with Crippen LogP contribution in [0.15, 0.2) is 90.5 Å². The van der Waals surface area contributed by atoms with Crippen LogP contribution in [-0.4, -0.2) is 33.4 Å². The molecule has 5 rings (SSSR count). The summed E-state index contributed by atoms with van der Waals surface area (Å²) in [5, 5.41) is 11.7. The number of aliphatic hydroxyl groups excluding tert-OH is 1. The van der Waals surface area contributed by atoms with E-state index < -0.39 is 23.5 Å². The van der Waals surface area contributed by atoms with Gasteiger partial charge in [-0.3, -0.25) is 19.5 Å². The van der Waals surface area contributed by atoms with E-state index in [4.69, 9.17) is 4.74 Å². The largest absolute Gasteiger partial charge is 0.503 e. The highest BCUT2D eigenvalue weighted by molar-refractivity contribution is 7.17. The molecule has 2 aromatic carbocycles. The van der Waals surface area contributed by atoms with Gasteiger partial charge in [-0.15, -0.1) is 11.3 Å². The number of carbonyl (C=O) groups excluding carboxylic acids is 2. The quantitative estimate of drug-likeness (QED) is 0.330.